The van der Waals surface area contributed by atoms with Crippen LogP contribution in [0.25, 0.3) is 11.1 Å². The second-order valence-corrected chi connectivity index (χ2v) is 4.07. The van der Waals surface area contributed by atoms with E-state index in [0.717, 1.165) is 22.4 Å². The van der Waals surface area contributed by atoms with Gasteiger partial charge in [0.1, 0.15) is 5.75 Å². The third-order valence-corrected chi connectivity index (χ3v) is 2.92. The predicted molar refractivity (Wildman–Crippen MR) is 71.4 cm³/mol. The lowest BCUT2D eigenvalue weighted by atomic mass is 10.00. The smallest absolute Gasteiger partial charge is 0.161 e. The van der Waals surface area contributed by atoms with Crippen LogP contribution in [0.1, 0.15) is 5.56 Å². The Morgan fingerprint density at radius 1 is 0.944 bits per heavy atom. The second-order valence-electron chi connectivity index (χ2n) is 4.07. The van der Waals surface area contributed by atoms with Crippen LogP contribution in [0, 0.1) is 6.92 Å². The molecule has 0 spiro atoms. The molecule has 0 fully saturated rings. The predicted octanol–water partition coefficient (Wildman–Crippen LogP) is 3.38. The fraction of sp³-hybridized carbons (Fsp3) is 0.200. The summed E-state index contributed by atoms with van der Waals surface area (Å²) in [6, 6.07) is 11.2. The van der Waals surface area contributed by atoms with Crippen molar-refractivity contribution in [3.63, 3.8) is 0 Å². The average molecular weight is 244 g/mol. The van der Waals surface area contributed by atoms with Crippen LogP contribution in [0.4, 0.5) is 0 Å². The summed E-state index contributed by atoms with van der Waals surface area (Å²) in [7, 11) is 3.19. The first-order chi connectivity index (χ1) is 8.65. The highest BCUT2D eigenvalue weighted by Crippen LogP contribution is 2.33. The molecule has 0 amide bonds. The molecule has 2 aromatic carbocycles. The molecule has 18 heavy (non-hydrogen) atoms. The van der Waals surface area contributed by atoms with Crippen molar-refractivity contribution in [2.24, 2.45) is 0 Å². The molecule has 0 saturated carbocycles. The van der Waals surface area contributed by atoms with Gasteiger partial charge in [-0.15, -0.1) is 0 Å². The van der Waals surface area contributed by atoms with Crippen LogP contribution in [0.15, 0.2) is 36.4 Å². The first-order valence-electron chi connectivity index (χ1n) is 5.67. The molecule has 3 heteroatoms. The van der Waals surface area contributed by atoms with Gasteiger partial charge in [0.05, 0.1) is 14.2 Å². The van der Waals surface area contributed by atoms with E-state index in [1.54, 1.807) is 20.3 Å². The van der Waals surface area contributed by atoms with Crippen molar-refractivity contribution < 1.29 is 14.6 Å². The number of hydrogen-bond acceptors (Lipinski definition) is 3. The fourth-order valence-electron chi connectivity index (χ4n) is 1.93. The molecular formula is C15H16O3. The normalized spacial score (nSPS) is 10.2. The van der Waals surface area contributed by atoms with Gasteiger partial charge in [-0.25, -0.2) is 0 Å². The van der Waals surface area contributed by atoms with E-state index in [0.29, 0.717) is 5.75 Å². The molecular weight excluding hydrogens is 228 g/mol. The van der Waals surface area contributed by atoms with Gasteiger partial charge >= 0.3 is 0 Å². The molecule has 3 nitrogen and oxygen atoms in total. The SMILES string of the molecule is COc1ccc(-c2ccc(O)c(OC)c2)c(C)c1. The molecule has 0 aliphatic carbocycles. The number of ether oxygens (including phenoxy) is 2. The zero-order valence-electron chi connectivity index (χ0n) is 10.7. The van der Waals surface area contributed by atoms with Crippen molar-refractivity contribution in [2.75, 3.05) is 14.2 Å². The number of benzene rings is 2. The molecule has 94 valence electrons. The minimum Gasteiger partial charge on any atom is -0.504 e. The van der Waals surface area contributed by atoms with E-state index in [1.807, 2.05) is 37.3 Å². The van der Waals surface area contributed by atoms with E-state index in [4.69, 9.17) is 9.47 Å². The summed E-state index contributed by atoms with van der Waals surface area (Å²) in [6.45, 7) is 2.02. The third kappa shape index (κ3) is 2.25. The number of phenols is 1. The van der Waals surface area contributed by atoms with Crippen molar-refractivity contribution in [1.82, 2.24) is 0 Å². The van der Waals surface area contributed by atoms with Gasteiger partial charge in [0.25, 0.3) is 0 Å². The van der Waals surface area contributed by atoms with E-state index in [1.165, 1.54) is 0 Å². The molecule has 0 aromatic heterocycles. The van der Waals surface area contributed by atoms with Gasteiger partial charge in [0.2, 0.25) is 0 Å². The highest BCUT2D eigenvalue weighted by atomic mass is 16.5. The van der Waals surface area contributed by atoms with Crippen molar-refractivity contribution >= 4 is 0 Å². The van der Waals surface area contributed by atoms with Crippen molar-refractivity contribution in [3.05, 3.63) is 42.0 Å². The number of aryl methyl sites for hydroxylation is 1. The lowest BCUT2D eigenvalue weighted by Gasteiger charge is -2.10. The first-order valence-corrected chi connectivity index (χ1v) is 5.67. The summed E-state index contributed by atoms with van der Waals surface area (Å²) in [4.78, 5) is 0. The number of phenolic OH excluding ortho intramolecular Hbond substituents is 1. The molecule has 1 N–H and O–H groups in total. The summed E-state index contributed by atoms with van der Waals surface area (Å²) in [5.74, 6) is 1.46. The quantitative estimate of drug-likeness (QED) is 0.899. The molecule has 0 saturated heterocycles. The fourth-order valence-corrected chi connectivity index (χ4v) is 1.93. The van der Waals surface area contributed by atoms with Crippen LogP contribution in [0.3, 0.4) is 0 Å². The highest BCUT2D eigenvalue weighted by molar-refractivity contribution is 5.70. The zero-order valence-corrected chi connectivity index (χ0v) is 10.7. The summed E-state index contributed by atoms with van der Waals surface area (Å²) >= 11 is 0. The maximum absolute atomic E-state index is 9.59. The lowest BCUT2D eigenvalue weighted by molar-refractivity contribution is 0.373. The minimum atomic E-state index is 0.146. The van der Waals surface area contributed by atoms with Gasteiger partial charge < -0.3 is 14.6 Å². The van der Waals surface area contributed by atoms with E-state index < -0.39 is 0 Å². The maximum atomic E-state index is 9.59. The standard InChI is InChI=1S/C15H16O3/c1-10-8-12(17-2)5-6-13(10)11-4-7-14(16)15(9-11)18-3/h4-9,16H,1-3H3. The minimum absolute atomic E-state index is 0.146. The summed E-state index contributed by atoms with van der Waals surface area (Å²) in [5, 5.41) is 9.59. The van der Waals surface area contributed by atoms with Crippen molar-refractivity contribution in [1.29, 1.82) is 0 Å². The molecule has 0 bridgehead atoms. The van der Waals surface area contributed by atoms with Crippen LogP contribution < -0.4 is 9.47 Å². The first kappa shape index (κ1) is 12.3. The Morgan fingerprint density at radius 2 is 1.72 bits per heavy atom. The number of rotatable bonds is 3. The molecule has 2 aromatic rings. The van der Waals surface area contributed by atoms with Gasteiger partial charge in [0.15, 0.2) is 11.5 Å². The van der Waals surface area contributed by atoms with E-state index >= 15 is 0 Å². The Bertz CT molecular complexity index is 562. The van der Waals surface area contributed by atoms with Crippen LogP contribution in [0.2, 0.25) is 0 Å². The number of methoxy groups -OCH3 is 2. The molecule has 0 atom stereocenters. The monoisotopic (exact) mass is 244 g/mol. The third-order valence-electron chi connectivity index (χ3n) is 2.92. The van der Waals surface area contributed by atoms with Gasteiger partial charge in [-0.2, -0.15) is 0 Å². The Hall–Kier alpha value is -2.16. The number of hydrogen-bond donors (Lipinski definition) is 1. The van der Waals surface area contributed by atoms with E-state index in [9.17, 15) is 5.11 Å². The Balaban J connectivity index is 2.48. The van der Waals surface area contributed by atoms with Gasteiger partial charge in [0, 0.05) is 0 Å². The Morgan fingerprint density at radius 3 is 2.33 bits per heavy atom. The van der Waals surface area contributed by atoms with E-state index in [-0.39, 0.29) is 5.75 Å². The summed E-state index contributed by atoms with van der Waals surface area (Å²) in [6.07, 6.45) is 0. The van der Waals surface area contributed by atoms with Crippen LogP contribution in [-0.2, 0) is 0 Å². The number of aromatic hydroxyl groups is 1. The molecule has 0 heterocycles. The largest absolute Gasteiger partial charge is 0.504 e. The highest BCUT2D eigenvalue weighted by Gasteiger charge is 2.07. The van der Waals surface area contributed by atoms with Crippen LogP contribution in [0.5, 0.6) is 17.2 Å². The van der Waals surface area contributed by atoms with Crippen LogP contribution >= 0.6 is 0 Å². The molecule has 2 rings (SSSR count). The van der Waals surface area contributed by atoms with Crippen molar-refractivity contribution in [2.45, 2.75) is 6.92 Å². The van der Waals surface area contributed by atoms with Gasteiger partial charge in [-0.05, 0) is 47.9 Å². The average Bonchev–Trinajstić information content (AvgIpc) is 2.39. The Kier molecular flexibility index (Phi) is 3.42. The van der Waals surface area contributed by atoms with E-state index in [2.05, 4.69) is 0 Å². The topological polar surface area (TPSA) is 38.7 Å². The second kappa shape index (κ2) is 5.00. The summed E-state index contributed by atoms with van der Waals surface area (Å²) in [5.41, 5.74) is 3.21. The molecule has 0 aliphatic rings. The maximum Gasteiger partial charge on any atom is 0.161 e. The lowest BCUT2D eigenvalue weighted by Crippen LogP contribution is -1.89. The zero-order chi connectivity index (χ0) is 13.1. The molecule has 0 aliphatic heterocycles. The Labute approximate surface area is 107 Å². The van der Waals surface area contributed by atoms with Gasteiger partial charge in [-0.1, -0.05) is 12.1 Å². The van der Waals surface area contributed by atoms with Crippen molar-refractivity contribution in [3.8, 4) is 28.4 Å². The molecule has 0 unspecified atom stereocenters. The van der Waals surface area contributed by atoms with Gasteiger partial charge in [-0.3, -0.25) is 0 Å². The van der Waals surface area contributed by atoms with Crippen LogP contribution in [-0.4, -0.2) is 19.3 Å². The summed E-state index contributed by atoms with van der Waals surface area (Å²) < 4.78 is 10.3. The molecule has 0 radical (unpaired) electrons.